The van der Waals surface area contributed by atoms with Gasteiger partial charge in [-0.3, -0.25) is 0 Å². The molecule has 2 heterocycles. The number of rotatable bonds is 2. The van der Waals surface area contributed by atoms with Gasteiger partial charge in [-0.15, -0.1) is 0 Å². The van der Waals surface area contributed by atoms with Crippen LogP contribution in [-0.2, 0) is 0 Å². The SMILES string of the molecule is CC1=CCCN(c2ccc([C@H](C)N)cn2)C1. The van der Waals surface area contributed by atoms with E-state index in [4.69, 9.17) is 5.73 Å². The van der Waals surface area contributed by atoms with Crippen molar-refractivity contribution in [3.05, 3.63) is 35.5 Å². The summed E-state index contributed by atoms with van der Waals surface area (Å²) >= 11 is 0. The van der Waals surface area contributed by atoms with E-state index in [0.29, 0.717) is 0 Å². The lowest BCUT2D eigenvalue weighted by Crippen LogP contribution is -2.29. The van der Waals surface area contributed by atoms with E-state index >= 15 is 0 Å². The molecule has 0 saturated carbocycles. The second-order valence-corrected chi connectivity index (χ2v) is 4.50. The van der Waals surface area contributed by atoms with Gasteiger partial charge in [0.2, 0.25) is 0 Å². The number of anilines is 1. The minimum absolute atomic E-state index is 0.0598. The molecule has 1 atom stereocenters. The molecule has 0 aliphatic carbocycles. The van der Waals surface area contributed by atoms with Crippen molar-refractivity contribution in [3.8, 4) is 0 Å². The van der Waals surface area contributed by atoms with Gasteiger partial charge in [0.25, 0.3) is 0 Å². The fraction of sp³-hybridized carbons (Fsp3) is 0.462. The first-order chi connectivity index (χ1) is 7.66. The second-order valence-electron chi connectivity index (χ2n) is 4.50. The molecular formula is C13H19N3. The van der Waals surface area contributed by atoms with Crippen LogP contribution in [0, 0.1) is 0 Å². The molecule has 3 heteroatoms. The quantitative estimate of drug-likeness (QED) is 0.773. The van der Waals surface area contributed by atoms with E-state index in [1.54, 1.807) is 0 Å². The van der Waals surface area contributed by atoms with Crippen LogP contribution in [-0.4, -0.2) is 18.1 Å². The van der Waals surface area contributed by atoms with Crippen molar-refractivity contribution in [2.45, 2.75) is 26.3 Å². The van der Waals surface area contributed by atoms with Crippen LogP contribution in [0.15, 0.2) is 30.0 Å². The van der Waals surface area contributed by atoms with Gasteiger partial charge < -0.3 is 10.6 Å². The highest BCUT2D eigenvalue weighted by atomic mass is 15.2. The van der Waals surface area contributed by atoms with Gasteiger partial charge in [0.05, 0.1) is 0 Å². The van der Waals surface area contributed by atoms with Crippen molar-refractivity contribution in [2.75, 3.05) is 18.0 Å². The zero-order valence-electron chi connectivity index (χ0n) is 9.98. The summed E-state index contributed by atoms with van der Waals surface area (Å²) in [6, 6.07) is 4.20. The first-order valence-corrected chi connectivity index (χ1v) is 5.79. The summed E-state index contributed by atoms with van der Waals surface area (Å²) in [5.41, 5.74) is 8.31. The smallest absolute Gasteiger partial charge is 0.128 e. The Kier molecular flexibility index (Phi) is 3.25. The van der Waals surface area contributed by atoms with E-state index in [9.17, 15) is 0 Å². The van der Waals surface area contributed by atoms with E-state index < -0.39 is 0 Å². The average Bonchev–Trinajstić information content (AvgIpc) is 2.29. The Morgan fingerprint density at radius 1 is 1.44 bits per heavy atom. The fourth-order valence-electron chi connectivity index (χ4n) is 1.96. The van der Waals surface area contributed by atoms with Crippen molar-refractivity contribution in [1.82, 2.24) is 4.98 Å². The number of hydrogen-bond acceptors (Lipinski definition) is 3. The molecular weight excluding hydrogens is 198 g/mol. The molecule has 0 spiro atoms. The van der Waals surface area contributed by atoms with Crippen LogP contribution in [0.2, 0.25) is 0 Å². The summed E-state index contributed by atoms with van der Waals surface area (Å²) in [6.07, 6.45) is 5.29. The highest BCUT2D eigenvalue weighted by Crippen LogP contribution is 2.18. The Hall–Kier alpha value is -1.35. The van der Waals surface area contributed by atoms with Gasteiger partial charge in [-0.2, -0.15) is 0 Å². The predicted octanol–water partition coefficient (Wildman–Crippen LogP) is 2.26. The molecule has 1 aromatic heterocycles. The topological polar surface area (TPSA) is 42.1 Å². The molecule has 0 radical (unpaired) electrons. The van der Waals surface area contributed by atoms with E-state index in [1.807, 2.05) is 13.1 Å². The van der Waals surface area contributed by atoms with E-state index in [1.165, 1.54) is 5.57 Å². The molecule has 0 saturated heterocycles. The predicted molar refractivity (Wildman–Crippen MR) is 67.4 cm³/mol. The standard InChI is InChI=1S/C13H19N3/c1-10-4-3-7-16(9-10)13-6-5-12(8-15-13)11(2)14/h4-6,8,11H,3,7,9,14H2,1-2H3/t11-/m0/s1. The summed E-state index contributed by atoms with van der Waals surface area (Å²) < 4.78 is 0. The van der Waals surface area contributed by atoms with Crippen LogP contribution in [0.3, 0.4) is 0 Å². The molecule has 1 aliphatic heterocycles. The Morgan fingerprint density at radius 3 is 2.81 bits per heavy atom. The van der Waals surface area contributed by atoms with Crippen molar-refractivity contribution in [1.29, 1.82) is 0 Å². The maximum absolute atomic E-state index is 5.80. The maximum Gasteiger partial charge on any atom is 0.128 e. The van der Waals surface area contributed by atoms with Crippen molar-refractivity contribution >= 4 is 5.82 Å². The zero-order valence-corrected chi connectivity index (χ0v) is 9.98. The number of nitrogens with zero attached hydrogens (tertiary/aromatic N) is 2. The number of pyridine rings is 1. The fourth-order valence-corrected chi connectivity index (χ4v) is 1.96. The first kappa shape index (κ1) is 11.1. The lowest BCUT2D eigenvalue weighted by Gasteiger charge is -2.27. The molecule has 16 heavy (non-hydrogen) atoms. The van der Waals surface area contributed by atoms with Crippen molar-refractivity contribution < 1.29 is 0 Å². The van der Waals surface area contributed by atoms with Gasteiger partial charge in [-0.25, -0.2) is 4.98 Å². The molecule has 0 aromatic carbocycles. The number of hydrogen-bond donors (Lipinski definition) is 1. The number of nitrogens with two attached hydrogens (primary N) is 1. The summed E-state index contributed by atoms with van der Waals surface area (Å²) in [6.45, 7) is 6.19. The summed E-state index contributed by atoms with van der Waals surface area (Å²) in [4.78, 5) is 6.78. The van der Waals surface area contributed by atoms with Crippen molar-refractivity contribution in [2.24, 2.45) is 5.73 Å². The minimum atomic E-state index is 0.0598. The van der Waals surface area contributed by atoms with Crippen LogP contribution in [0.5, 0.6) is 0 Å². The number of aromatic nitrogens is 1. The Morgan fingerprint density at radius 2 is 2.25 bits per heavy atom. The average molecular weight is 217 g/mol. The van der Waals surface area contributed by atoms with Gasteiger partial charge in [-0.05, 0) is 31.9 Å². The summed E-state index contributed by atoms with van der Waals surface area (Å²) in [7, 11) is 0. The van der Waals surface area contributed by atoms with Crippen LogP contribution in [0.25, 0.3) is 0 Å². The molecule has 3 nitrogen and oxygen atoms in total. The highest BCUT2D eigenvalue weighted by Gasteiger charge is 2.11. The van der Waals surface area contributed by atoms with Gasteiger partial charge in [0.15, 0.2) is 0 Å². The van der Waals surface area contributed by atoms with E-state index in [2.05, 4.69) is 35.0 Å². The molecule has 1 aromatic rings. The molecule has 0 fully saturated rings. The molecule has 86 valence electrons. The highest BCUT2D eigenvalue weighted by molar-refractivity contribution is 5.42. The third-order valence-corrected chi connectivity index (χ3v) is 2.95. The lowest BCUT2D eigenvalue weighted by molar-refractivity contribution is 0.770. The molecule has 0 unspecified atom stereocenters. The molecule has 2 N–H and O–H groups in total. The lowest BCUT2D eigenvalue weighted by atomic mass is 10.1. The Balaban J connectivity index is 2.13. The third kappa shape index (κ3) is 2.42. The molecule has 2 rings (SSSR count). The summed E-state index contributed by atoms with van der Waals surface area (Å²) in [5.74, 6) is 1.05. The second kappa shape index (κ2) is 4.66. The Labute approximate surface area is 97.0 Å². The monoisotopic (exact) mass is 217 g/mol. The molecule has 0 bridgehead atoms. The van der Waals surface area contributed by atoms with Gasteiger partial charge in [-0.1, -0.05) is 17.7 Å². The third-order valence-electron chi connectivity index (χ3n) is 2.95. The Bertz CT molecular complexity index is 379. The molecule has 1 aliphatic rings. The van der Waals surface area contributed by atoms with Crippen molar-refractivity contribution in [3.63, 3.8) is 0 Å². The largest absolute Gasteiger partial charge is 0.352 e. The summed E-state index contributed by atoms with van der Waals surface area (Å²) in [5, 5.41) is 0. The zero-order chi connectivity index (χ0) is 11.5. The maximum atomic E-state index is 5.80. The van der Waals surface area contributed by atoms with Gasteiger partial charge in [0, 0.05) is 25.3 Å². The normalized spacial score (nSPS) is 18.2. The minimum Gasteiger partial charge on any atom is -0.352 e. The van der Waals surface area contributed by atoms with Crippen LogP contribution >= 0.6 is 0 Å². The van der Waals surface area contributed by atoms with Crippen LogP contribution < -0.4 is 10.6 Å². The van der Waals surface area contributed by atoms with E-state index in [-0.39, 0.29) is 6.04 Å². The van der Waals surface area contributed by atoms with E-state index in [0.717, 1.165) is 30.9 Å². The van der Waals surface area contributed by atoms with Gasteiger partial charge >= 0.3 is 0 Å². The molecule has 0 amide bonds. The first-order valence-electron chi connectivity index (χ1n) is 5.79. The van der Waals surface area contributed by atoms with Crippen LogP contribution in [0.4, 0.5) is 5.82 Å². The van der Waals surface area contributed by atoms with Gasteiger partial charge in [0.1, 0.15) is 5.82 Å². The van der Waals surface area contributed by atoms with Crippen LogP contribution in [0.1, 0.15) is 31.9 Å².